The lowest BCUT2D eigenvalue weighted by molar-refractivity contribution is -0.132. The minimum Gasteiger partial charge on any atom is -0.342 e. The Morgan fingerprint density at radius 3 is 2.13 bits per heavy atom. The molecule has 0 aliphatic carbocycles. The van der Waals surface area contributed by atoms with Crippen LogP contribution in [0.4, 0.5) is 0 Å². The molecular formula is C11H25N3O. The number of nitrogens with zero attached hydrogens (tertiary/aromatic N) is 2. The molecule has 90 valence electrons. The lowest BCUT2D eigenvalue weighted by Crippen LogP contribution is -2.42. The Hall–Kier alpha value is -0.610. The minimum absolute atomic E-state index is 0.210. The molecule has 0 aromatic rings. The Morgan fingerprint density at radius 2 is 1.73 bits per heavy atom. The van der Waals surface area contributed by atoms with Gasteiger partial charge in [-0.1, -0.05) is 6.92 Å². The molecule has 0 aliphatic rings. The maximum absolute atomic E-state index is 11.8. The predicted molar refractivity (Wildman–Crippen MR) is 63.7 cm³/mol. The predicted octanol–water partition coefficient (Wildman–Crippen LogP) is 0.526. The number of nitrogens with two attached hydrogens (primary N) is 1. The van der Waals surface area contributed by atoms with Gasteiger partial charge in [0, 0.05) is 26.2 Å². The second-order valence-electron chi connectivity index (χ2n) is 3.63. The average molecular weight is 215 g/mol. The van der Waals surface area contributed by atoms with Crippen molar-refractivity contribution in [2.45, 2.75) is 27.2 Å². The number of hydrogen-bond acceptors (Lipinski definition) is 3. The van der Waals surface area contributed by atoms with Crippen molar-refractivity contribution in [1.82, 2.24) is 9.80 Å². The van der Waals surface area contributed by atoms with Gasteiger partial charge in [0.05, 0.1) is 6.54 Å². The Labute approximate surface area is 93.4 Å². The van der Waals surface area contributed by atoms with Crippen LogP contribution in [0.1, 0.15) is 27.2 Å². The second kappa shape index (κ2) is 8.68. The summed E-state index contributed by atoms with van der Waals surface area (Å²) in [5.41, 5.74) is 5.51. The third-order valence-corrected chi connectivity index (χ3v) is 2.46. The fourth-order valence-corrected chi connectivity index (χ4v) is 1.64. The molecule has 0 saturated heterocycles. The summed E-state index contributed by atoms with van der Waals surface area (Å²) in [5.74, 6) is 0.210. The van der Waals surface area contributed by atoms with Crippen LogP contribution in [0.25, 0.3) is 0 Å². The van der Waals surface area contributed by atoms with Gasteiger partial charge in [-0.05, 0) is 26.8 Å². The molecule has 0 rings (SSSR count). The van der Waals surface area contributed by atoms with E-state index in [0.29, 0.717) is 13.1 Å². The molecule has 1 amide bonds. The summed E-state index contributed by atoms with van der Waals surface area (Å²) in [5, 5.41) is 0. The zero-order valence-corrected chi connectivity index (χ0v) is 10.3. The van der Waals surface area contributed by atoms with Gasteiger partial charge in [0.25, 0.3) is 0 Å². The molecule has 0 atom stereocenters. The minimum atomic E-state index is 0.210. The van der Waals surface area contributed by atoms with Crippen molar-refractivity contribution in [3.05, 3.63) is 0 Å². The standard InChI is InChI=1S/C11H25N3O/c1-4-8-13(9-7-12)10-11(15)14(5-2)6-3/h4-10,12H2,1-3H3. The van der Waals surface area contributed by atoms with Crippen LogP contribution in [0.15, 0.2) is 0 Å². The Balaban J connectivity index is 4.07. The molecule has 0 saturated carbocycles. The zero-order chi connectivity index (χ0) is 11.7. The van der Waals surface area contributed by atoms with E-state index in [2.05, 4.69) is 11.8 Å². The summed E-state index contributed by atoms with van der Waals surface area (Å²) in [4.78, 5) is 15.8. The monoisotopic (exact) mass is 215 g/mol. The van der Waals surface area contributed by atoms with Crippen molar-refractivity contribution in [1.29, 1.82) is 0 Å². The number of rotatable bonds is 8. The highest BCUT2D eigenvalue weighted by atomic mass is 16.2. The van der Waals surface area contributed by atoms with Gasteiger partial charge < -0.3 is 10.6 Å². The van der Waals surface area contributed by atoms with Gasteiger partial charge in [0.15, 0.2) is 0 Å². The molecule has 4 nitrogen and oxygen atoms in total. The Bertz CT molecular complexity index is 163. The fraction of sp³-hybridized carbons (Fsp3) is 0.909. The summed E-state index contributed by atoms with van der Waals surface area (Å²) in [7, 11) is 0. The van der Waals surface area contributed by atoms with Gasteiger partial charge in [0.2, 0.25) is 5.91 Å². The molecule has 0 aliphatic heterocycles. The highest BCUT2D eigenvalue weighted by Crippen LogP contribution is 1.95. The van der Waals surface area contributed by atoms with Gasteiger partial charge in [-0.2, -0.15) is 0 Å². The molecule has 0 spiro atoms. The molecule has 0 heterocycles. The Morgan fingerprint density at radius 1 is 1.13 bits per heavy atom. The van der Waals surface area contributed by atoms with Crippen LogP contribution < -0.4 is 5.73 Å². The molecule has 0 aromatic carbocycles. The van der Waals surface area contributed by atoms with Gasteiger partial charge in [-0.25, -0.2) is 0 Å². The summed E-state index contributed by atoms with van der Waals surface area (Å²) >= 11 is 0. The van der Waals surface area contributed by atoms with E-state index in [1.807, 2.05) is 18.7 Å². The SMILES string of the molecule is CCCN(CCN)CC(=O)N(CC)CC. The van der Waals surface area contributed by atoms with Crippen LogP contribution in [-0.2, 0) is 4.79 Å². The summed E-state index contributed by atoms with van der Waals surface area (Å²) < 4.78 is 0. The smallest absolute Gasteiger partial charge is 0.236 e. The van der Waals surface area contributed by atoms with Crippen LogP contribution in [0.5, 0.6) is 0 Å². The normalized spacial score (nSPS) is 10.7. The molecule has 15 heavy (non-hydrogen) atoms. The molecule has 0 fully saturated rings. The van der Waals surface area contributed by atoms with Crippen molar-refractivity contribution < 1.29 is 4.79 Å². The molecule has 4 heteroatoms. The second-order valence-corrected chi connectivity index (χ2v) is 3.63. The molecule has 0 bridgehead atoms. The van der Waals surface area contributed by atoms with Crippen LogP contribution in [0.2, 0.25) is 0 Å². The molecule has 0 unspecified atom stereocenters. The largest absolute Gasteiger partial charge is 0.342 e. The van der Waals surface area contributed by atoms with E-state index >= 15 is 0 Å². The maximum Gasteiger partial charge on any atom is 0.236 e. The number of likely N-dealkylation sites (N-methyl/N-ethyl adjacent to an activating group) is 1. The van der Waals surface area contributed by atoms with Crippen molar-refractivity contribution >= 4 is 5.91 Å². The lowest BCUT2D eigenvalue weighted by atomic mass is 10.3. The third kappa shape index (κ3) is 5.74. The molecule has 0 radical (unpaired) electrons. The van der Waals surface area contributed by atoms with Crippen molar-refractivity contribution in [2.75, 3.05) is 39.3 Å². The number of hydrogen-bond donors (Lipinski definition) is 1. The molecular weight excluding hydrogens is 190 g/mol. The quantitative estimate of drug-likeness (QED) is 0.642. The maximum atomic E-state index is 11.8. The Kier molecular flexibility index (Phi) is 8.33. The van der Waals surface area contributed by atoms with E-state index < -0.39 is 0 Å². The highest BCUT2D eigenvalue weighted by molar-refractivity contribution is 5.78. The lowest BCUT2D eigenvalue weighted by Gasteiger charge is -2.25. The van der Waals surface area contributed by atoms with Crippen LogP contribution in [-0.4, -0.2) is 55.0 Å². The van der Waals surface area contributed by atoms with Crippen LogP contribution in [0, 0.1) is 0 Å². The third-order valence-electron chi connectivity index (χ3n) is 2.46. The van der Waals surface area contributed by atoms with E-state index in [4.69, 9.17) is 5.73 Å². The topological polar surface area (TPSA) is 49.6 Å². The number of carbonyl (C=O) groups is 1. The fourth-order valence-electron chi connectivity index (χ4n) is 1.64. The van der Waals surface area contributed by atoms with Gasteiger partial charge >= 0.3 is 0 Å². The molecule has 2 N–H and O–H groups in total. The van der Waals surface area contributed by atoms with E-state index in [1.54, 1.807) is 0 Å². The number of amides is 1. The first-order valence-electron chi connectivity index (χ1n) is 5.89. The first-order chi connectivity index (χ1) is 7.19. The van der Waals surface area contributed by atoms with E-state index in [9.17, 15) is 4.79 Å². The summed E-state index contributed by atoms with van der Waals surface area (Å²) in [6.45, 7) is 10.6. The van der Waals surface area contributed by atoms with Crippen LogP contribution >= 0.6 is 0 Å². The highest BCUT2D eigenvalue weighted by Gasteiger charge is 2.13. The van der Waals surface area contributed by atoms with Crippen molar-refractivity contribution in [3.8, 4) is 0 Å². The summed E-state index contributed by atoms with van der Waals surface area (Å²) in [6.07, 6.45) is 1.06. The summed E-state index contributed by atoms with van der Waals surface area (Å²) in [6, 6.07) is 0. The van der Waals surface area contributed by atoms with Gasteiger partial charge in [-0.15, -0.1) is 0 Å². The molecule has 0 aromatic heterocycles. The first kappa shape index (κ1) is 14.4. The van der Waals surface area contributed by atoms with Crippen molar-refractivity contribution in [2.24, 2.45) is 5.73 Å². The van der Waals surface area contributed by atoms with E-state index in [-0.39, 0.29) is 5.91 Å². The first-order valence-corrected chi connectivity index (χ1v) is 5.89. The van der Waals surface area contributed by atoms with Gasteiger partial charge in [0.1, 0.15) is 0 Å². The van der Waals surface area contributed by atoms with Gasteiger partial charge in [-0.3, -0.25) is 9.69 Å². The number of carbonyl (C=O) groups excluding carboxylic acids is 1. The van der Waals surface area contributed by atoms with Crippen molar-refractivity contribution in [3.63, 3.8) is 0 Å². The van der Waals surface area contributed by atoms with Crippen LogP contribution in [0.3, 0.4) is 0 Å². The average Bonchev–Trinajstić information content (AvgIpc) is 2.20. The van der Waals surface area contributed by atoms with E-state index in [0.717, 1.165) is 32.6 Å². The zero-order valence-electron chi connectivity index (χ0n) is 10.3. The van der Waals surface area contributed by atoms with E-state index in [1.165, 1.54) is 0 Å².